The molecule has 12 heteroatoms. The quantitative estimate of drug-likeness (QED) is 0.451. The summed E-state index contributed by atoms with van der Waals surface area (Å²) in [6, 6.07) is 6.67. The molecule has 1 fully saturated rings. The summed E-state index contributed by atoms with van der Waals surface area (Å²) in [6.07, 6.45) is 0.744. The van der Waals surface area contributed by atoms with Crippen LogP contribution in [0.25, 0.3) is 10.9 Å². The second-order valence-corrected chi connectivity index (χ2v) is 8.44. The van der Waals surface area contributed by atoms with Crippen molar-refractivity contribution in [1.29, 1.82) is 5.26 Å². The van der Waals surface area contributed by atoms with Gasteiger partial charge in [-0.15, -0.1) is 0 Å². The van der Waals surface area contributed by atoms with Gasteiger partial charge in [0, 0.05) is 26.2 Å². The van der Waals surface area contributed by atoms with Crippen LogP contribution in [0.15, 0.2) is 23.0 Å². The monoisotopic (exact) mass is 483 g/mol. The number of rotatable bonds is 7. The minimum Gasteiger partial charge on any atom is -0.382 e. The lowest BCUT2D eigenvalue weighted by molar-refractivity contribution is 0.0368. The number of anilines is 3. The molecule has 4 rings (SSSR count). The molecule has 3 heterocycles. The Hall–Kier alpha value is -3.46. The number of morpholine rings is 1. The molecule has 0 aliphatic carbocycles. The molecule has 34 heavy (non-hydrogen) atoms. The number of nitriles is 1. The number of aromatic nitrogens is 4. The number of nitrogens with two attached hydrogens (primary N) is 2. The Balaban J connectivity index is 1.69. The molecule has 1 atom stereocenters. The molecule has 2 aromatic heterocycles. The largest absolute Gasteiger partial charge is 0.382 e. The third kappa shape index (κ3) is 4.89. The minimum atomic E-state index is -0.500. The fraction of sp³-hybridized carbons (Fsp3) is 0.409. The van der Waals surface area contributed by atoms with E-state index in [2.05, 4.69) is 20.2 Å². The molecule has 1 unspecified atom stereocenters. The van der Waals surface area contributed by atoms with E-state index in [0.717, 1.165) is 26.1 Å². The van der Waals surface area contributed by atoms with Crippen LogP contribution < -0.4 is 22.3 Å². The number of ether oxygens (including phenoxy) is 1. The molecule has 0 amide bonds. The Morgan fingerprint density at radius 3 is 2.74 bits per heavy atom. The van der Waals surface area contributed by atoms with Crippen molar-refractivity contribution in [3.63, 3.8) is 0 Å². The molecule has 1 aliphatic rings. The van der Waals surface area contributed by atoms with Crippen LogP contribution in [0, 0.1) is 11.3 Å². The van der Waals surface area contributed by atoms with Crippen LogP contribution >= 0.6 is 11.6 Å². The first-order chi connectivity index (χ1) is 16.4. The maximum atomic E-state index is 13.5. The number of nitrogen functional groups attached to an aromatic ring is 2. The Morgan fingerprint density at radius 2 is 2.00 bits per heavy atom. The Labute approximate surface area is 201 Å². The number of benzene rings is 1. The van der Waals surface area contributed by atoms with E-state index in [-0.39, 0.29) is 28.7 Å². The van der Waals surface area contributed by atoms with Gasteiger partial charge in [0.25, 0.3) is 5.56 Å². The number of fused-ring (bicyclic) bond motifs is 1. The molecule has 11 nitrogen and oxygen atoms in total. The van der Waals surface area contributed by atoms with E-state index < -0.39 is 6.04 Å². The van der Waals surface area contributed by atoms with Gasteiger partial charge in [0.2, 0.25) is 5.95 Å². The van der Waals surface area contributed by atoms with Crippen LogP contribution in [0.3, 0.4) is 0 Å². The molecule has 1 aromatic carbocycles. The van der Waals surface area contributed by atoms with Crippen molar-refractivity contribution >= 4 is 40.1 Å². The molecule has 1 aliphatic heterocycles. The predicted molar refractivity (Wildman–Crippen MR) is 130 cm³/mol. The highest BCUT2D eigenvalue weighted by Gasteiger charge is 2.21. The predicted octanol–water partition coefficient (Wildman–Crippen LogP) is 1.77. The van der Waals surface area contributed by atoms with Gasteiger partial charge in [0.15, 0.2) is 5.82 Å². The first kappa shape index (κ1) is 23.7. The van der Waals surface area contributed by atoms with Gasteiger partial charge >= 0.3 is 0 Å². The van der Waals surface area contributed by atoms with Crippen molar-refractivity contribution in [3.8, 4) is 6.07 Å². The summed E-state index contributed by atoms with van der Waals surface area (Å²) < 4.78 is 7.04. The van der Waals surface area contributed by atoms with Gasteiger partial charge < -0.3 is 21.5 Å². The number of halogens is 1. The molecule has 178 valence electrons. The maximum Gasteiger partial charge on any atom is 0.262 e. The summed E-state index contributed by atoms with van der Waals surface area (Å²) in [5.74, 6) is 0.583. The summed E-state index contributed by atoms with van der Waals surface area (Å²) in [5.41, 5.74) is 11.9. The maximum absolute atomic E-state index is 13.5. The van der Waals surface area contributed by atoms with Crippen molar-refractivity contribution in [2.75, 3.05) is 49.6 Å². The lowest BCUT2D eigenvalue weighted by Crippen LogP contribution is -2.37. The second-order valence-electron chi connectivity index (χ2n) is 8.04. The van der Waals surface area contributed by atoms with E-state index in [1.165, 1.54) is 0 Å². The van der Waals surface area contributed by atoms with Gasteiger partial charge in [-0.3, -0.25) is 14.3 Å². The van der Waals surface area contributed by atoms with Crippen LogP contribution in [0.1, 0.15) is 30.8 Å². The summed E-state index contributed by atoms with van der Waals surface area (Å²) >= 11 is 6.35. The van der Waals surface area contributed by atoms with Crippen molar-refractivity contribution in [2.24, 2.45) is 0 Å². The fourth-order valence-electron chi connectivity index (χ4n) is 4.04. The highest BCUT2D eigenvalue weighted by Crippen LogP contribution is 2.25. The van der Waals surface area contributed by atoms with Crippen LogP contribution in [-0.2, 0) is 11.3 Å². The lowest BCUT2D eigenvalue weighted by Gasteiger charge is -2.27. The Kier molecular flexibility index (Phi) is 7.12. The number of nitrogens with zero attached hydrogens (tertiary/aromatic N) is 6. The van der Waals surface area contributed by atoms with Crippen molar-refractivity contribution < 1.29 is 4.74 Å². The Bertz CT molecular complexity index is 1300. The number of hydrogen-bond acceptors (Lipinski definition) is 10. The van der Waals surface area contributed by atoms with E-state index in [4.69, 9.17) is 32.8 Å². The van der Waals surface area contributed by atoms with E-state index in [1.54, 1.807) is 22.8 Å². The molecule has 0 saturated carbocycles. The number of hydrogen-bond donors (Lipinski definition) is 3. The van der Waals surface area contributed by atoms with Crippen LogP contribution in [0.4, 0.5) is 17.6 Å². The first-order valence-electron chi connectivity index (χ1n) is 11.0. The zero-order chi connectivity index (χ0) is 24.2. The van der Waals surface area contributed by atoms with Gasteiger partial charge in [-0.25, -0.2) is 4.98 Å². The molecule has 5 N–H and O–H groups in total. The Morgan fingerprint density at radius 1 is 1.24 bits per heavy atom. The van der Waals surface area contributed by atoms with Gasteiger partial charge in [-0.1, -0.05) is 17.7 Å². The second kappa shape index (κ2) is 10.2. The van der Waals surface area contributed by atoms with Crippen LogP contribution in [0.2, 0.25) is 5.02 Å². The van der Waals surface area contributed by atoms with E-state index >= 15 is 0 Å². The smallest absolute Gasteiger partial charge is 0.262 e. The average molecular weight is 484 g/mol. The van der Waals surface area contributed by atoms with Crippen molar-refractivity contribution in [2.45, 2.75) is 25.9 Å². The summed E-state index contributed by atoms with van der Waals surface area (Å²) in [4.78, 5) is 28.5. The SMILES string of the molecule is CC(Nc1nc(N)nc(N)c1C#N)c1nc2cccc(Cl)c2c(=O)n1CCCN1CCOCC1. The van der Waals surface area contributed by atoms with Gasteiger partial charge in [-0.05, 0) is 25.5 Å². The molecular formula is C22H26ClN9O2. The zero-order valence-electron chi connectivity index (χ0n) is 18.8. The third-order valence-corrected chi connectivity index (χ3v) is 6.04. The van der Waals surface area contributed by atoms with E-state index in [0.29, 0.717) is 41.5 Å². The van der Waals surface area contributed by atoms with Gasteiger partial charge in [0.05, 0.1) is 35.2 Å². The van der Waals surface area contributed by atoms with Crippen molar-refractivity contribution in [3.05, 3.63) is 45.0 Å². The van der Waals surface area contributed by atoms with E-state index in [1.807, 2.05) is 13.0 Å². The van der Waals surface area contributed by atoms with E-state index in [9.17, 15) is 10.1 Å². The molecule has 0 radical (unpaired) electrons. The van der Waals surface area contributed by atoms with Gasteiger partial charge in [0.1, 0.15) is 23.3 Å². The third-order valence-electron chi connectivity index (χ3n) is 5.73. The highest BCUT2D eigenvalue weighted by atomic mass is 35.5. The summed E-state index contributed by atoms with van der Waals surface area (Å²) in [6.45, 7) is 6.27. The molecule has 0 spiro atoms. The van der Waals surface area contributed by atoms with Gasteiger partial charge in [-0.2, -0.15) is 15.2 Å². The molecule has 0 bridgehead atoms. The standard InChI is InChI=1S/C22H26ClN9O2/c1-13(27-19-14(12-24)18(25)29-22(26)30-19)20-28-16-5-2-4-15(23)17(16)21(33)32(20)7-3-6-31-8-10-34-11-9-31/h2,4-5,13H,3,6-11H2,1H3,(H5,25,26,27,29,30). The molecule has 3 aromatic rings. The normalized spacial score (nSPS) is 15.2. The topological polar surface area (TPSA) is 161 Å². The minimum absolute atomic E-state index is 0.0224. The lowest BCUT2D eigenvalue weighted by atomic mass is 10.2. The summed E-state index contributed by atoms with van der Waals surface area (Å²) in [5, 5.41) is 13.4. The van der Waals surface area contributed by atoms with Crippen LogP contribution in [-0.4, -0.2) is 57.3 Å². The highest BCUT2D eigenvalue weighted by molar-refractivity contribution is 6.35. The average Bonchev–Trinajstić information content (AvgIpc) is 2.80. The molecular weight excluding hydrogens is 458 g/mol. The first-order valence-corrected chi connectivity index (χ1v) is 11.4. The molecule has 1 saturated heterocycles. The zero-order valence-corrected chi connectivity index (χ0v) is 19.5. The van der Waals surface area contributed by atoms with Crippen LogP contribution in [0.5, 0.6) is 0 Å². The fourth-order valence-corrected chi connectivity index (χ4v) is 4.30. The summed E-state index contributed by atoms with van der Waals surface area (Å²) in [7, 11) is 0. The van der Waals surface area contributed by atoms with Crippen molar-refractivity contribution in [1.82, 2.24) is 24.4 Å². The number of nitrogens with one attached hydrogen (secondary N) is 1.